The molecular weight excluding hydrogens is 319 g/mol. The third-order valence-corrected chi connectivity index (χ3v) is 4.05. The lowest BCUT2D eigenvalue weighted by molar-refractivity contribution is -0.144. The second-order valence-electron chi connectivity index (χ2n) is 5.93. The van der Waals surface area contributed by atoms with Crippen LogP contribution >= 0.6 is 0 Å². The number of hydrogen-bond acceptors (Lipinski definition) is 4. The molecule has 24 heavy (non-hydrogen) atoms. The monoisotopic (exact) mass is 333 g/mol. The molecule has 0 saturated heterocycles. The van der Waals surface area contributed by atoms with Crippen molar-refractivity contribution in [3.8, 4) is 0 Å². The molecule has 1 N–H and O–H groups in total. The molecule has 124 valence electrons. The first kappa shape index (κ1) is 14.9. The Bertz CT molecular complexity index is 888. The van der Waals surface area contributed by atoms with Gasteiger partial charge in [-0.1, -0.05) is 30.3 Å². The molecule has 1 aliphatic carbocycles. The van der Waals surface area contributed by atoms with Crippen molar-refractivity contribution in [1.29, 1.82) is 0 Å². The van der Waals surface area contributed by atoms with Crippen LogP contribution in [-0.4, -0.2) is 25.6 Å². The molecule has 0 bridgehead atoms. The molecule has 1 fully saturated rings. The summed E-state index contributed by atoms with van der Waals surface area (Å²) in [6.45, 7) is 1.72. The van der Waals surface area contributed by atoms with Gasteiger partial charge in [-0.05, 0) is 18.9 Å². The van der Waals surface area contributed by atoms with Crippen molar-refractivity contribution in [2.75, 3.05) is 5.32 Å². The van der Waals surface area contributed by atoms with E-state index in [-0.39, 0.29) is 11.8 Å². The minimum Gasteiger partial charge on any atom is -0.366 e. The molecule has 2 unspecified atom stereocenters. The largest absolute Gasteiger partial charge is 0.453 e. The van der Waals surface area contributed by atoms with Crippen LogP contribution in [0.2, 0.25) is 0 Å². The zero-order chi connectivity index (χ0) is 16.9. The third-order valence-electron chi connectivity index (χ3n) is 4.05. The van der Waals surface area contributed by atoms with Crippen LogP contribution in [0, 0.1) is 6.92 Å². The van der Waals surface area contributed by atoms with Crippen LogP contribution in [0.15, 0.2) is 36.4 Å². The summed E-state index contributed by atoms with van der Waals surface area (Å²) in [4.78, 5) is 7.51. The van der Waals surface area contributed by atoms with E-state index in [1.807, 2.05) is 18.2 Å². The summed E-state index contributed by atoms with van der Waals surface area (Å²) in [5.74, 6) is -0.412. The van der Waals surface area contributed by atoms with E-state index in [0.717, 1.165) is 10.9 Å². The summed E-state index contributed by atoms with van der Waals surface area (Å²) in [5, 5.41) is 6.83. The predicted molar refractivity (Wildman–Crippen MR) is 81.7 cm³/mol. The highest BCUT2D eigenvalue weighted by molar-refractivity contribution is 5.48. The number of nitrogens with one attached hydrogen (secondary N) is 1. The molecule has 8 heteroatoms. The van der Waals surface area contributed by atoms with Crippen LogP contribution in [0.4, 0.5) is 19.0 Å². The minimum atomic E-state index is -4.59. The zero-order valence-corrected chi connectivity index (χ0v) is 12.7. The lowest BCUT2D eigenvalue weighted by Crippen LogP contribution is -2.11. The average Bonchev–Trinajstić information content (AvgIpc) is 3.14. The number of anilines is 1. The lowest BCUT2D eigenvalue weighted by Gasteiger charge is -2.08. The van der Waals surface area contributed by atoms with Crippen molar-refractivity contribution in [1.82, 2.24) is 19.6 Å². The Balaban J connectivity index is 1.64. The number of aromatic nitrogens is 4. The Morgan fingerprint density at radius 1 is 1.17 bits per heavy atom. The van der Waals surface area contributed by atoms with E-state index < -0.39 is 12.0 Å². The van der Waals surface area contributed by atoms with Gasteiger partial charge in [0, 0.05) is 23.7 Å². The molecule has 1 aliphatic rings. The maximum absolute atomic E-state index is 12.8. The first-order valence-electron chi connectivity index (χ1n) is 7.55. The molecule has 0 spiro atoms. The SMILES string of the molecule is Cc1cc(NC2CC2c2ccccc2)n2nc(C(F)(F)F)nc2n1. The van der Waals surface area contributed by atoms with E-state index in [4.69, 9.17) is 0 Å². The average molecular weight is 333 g/mol. The van der Waals surface area contributed by atoms with Crippen molar-refractivity contribution in [2.24, 2.45) is 0 Å². The summed E-state index contributed by atoms with van der Waals surface area (Å²) in [5.41, 5.74) is 1.80. The Labute approximate surface area is 135 Å². The molecular formula is C16H14F3N5. The van der Waals surface area contributed by atoms with Gasteiger partial charge in [0.1, 0.15) is 5.82 Å². The zero-order valence-electron chi connectivity index (χ0n) is 12.7. The fourth-order valence-electron chi connectivity index (χ4n) is 2.82. The molecule has 2 aromatic heterocycles. The van der Waals surface area contributed by atoms with Gasteiger partial charge in [-0.2, -0.15) is 22.7 Å². The van der Waals surface area contributed by atoms with Crippen molar-refractivity contribution >= 4 is 11.6 Å². The van der Waals surface area contributed by atoms with E-state index in [9.17, 15) is 13.2 Å². The molecule has 3 aromatic rings. The fraction of sp³-hybridized carbons (Fsp3) is 0.312. The van der Waals surface area contributed by atoms with E-state index in [1.165, 1.54) is 5.56 Å². The van der Waals surface area contributed by atoms with Gasteiger partial charge in [0.05, 0.1) is 0 Å². The van der Waals surface area contributed by atoms with Gasteiger partial charge >= 0.3 is 6.18 Å². The first-order valence-corrected chi connectivity index (χ1v) is 7.55. The number of alkyl halides is 3. The van der Waals surface area contributed by atoms with Gasteiger partial charge in [0.15, 0.2) is 0 Å². The third kappa shape index (κ3) is 2.68. The van der Waals surface area contributed by atoms with Gasteiger partial charge in [-0.15, -0.1) is 5.10 Å². The van der Waals surface area contributed by atoms with Crippen LogP contribution in [0.5, 0.6) is 0 Å². The van der Waals surface area contributed by atoms with E-state index >= 15 is 0 Å². The highest BCUT2D eigenvalue weighted by Gasteiger charge is 2.40. The number of benzene rings is 1. The van der Waals surface area contributed by atoms with E-state index in [2.05, 4.69) is 32.5 Å². The van der Waals surface area contributed by atoms with Gasteiger partial charge in [-0.25, -0.2) is 4.98 Å². The van der Waals surface area contributed by atoms with Gasteiger partial charge in [0.2, 0.25) is 0 Å². The predicted octanol–water partition coefficient (Wildman–Crippen LogP) is 3.42. The molecule has 1 saturated carbocycles. The Morgan fingerprint density at radius 3 is 2.62 bits per heavy atom. The van der Waals surface area contributed by atoms with Crippen LogP contribution in [0.1, 0.15) is 29.4 Å². The first-order chi connectivity index (χ1) is 11.4. The molecule has 4 rings (SSSR count). The smallest absolute Gasteiger partial charge is 0.366 e. The quantitative estimate of drug-likeness (QED) is 0.798. The lowest BCUT2D eigenvalue weighted by atomic mass is 10.1. The maximum atomic E-state index is 12.8. The molecule has 2 atom stereocenters. The Kier molecular flexibility index (Phi) is 3.22. The van der Waals surface area contributed by atoms with Gasteiger partial charge in [-0.3, -0.25) is 0 Å². The standard InChI is InChI=1S/C16H14F3N5/c1-9-7-13(21-12-8-11(12)10-5-3-2-4-6-10)24-15(20-9)22-14(23-24)16(17,18)19/h2-7,11-12,21H,8H2,1H3. The van der Waals surface area contributed by atoms with Crippen molar-refractivity contribution in [3.05, 3.63) is 53.5 Å². The van der Waals surface area contributed by atoms with Crippen molar-refractivity contribution in [2.45, 2.75) is 31.5 Å². The topological polar surface area (TPSA) is 55.1 Å². The molecule has 2 heterocycles. The molecule has 0 aliphatic heterocycles. The second-order valence-corrected chi connectivity index (χ2v) is 5.93. The number of aryl methyl sites for hydroxylation is 1. The second kappa shape index (κ2) is 5.19. The number of nitrogens with zero attached hydrogens (tertiary/aromatic N) is 4. The van der Waals surface area contributed by atoms with Gasteiger partial charge in [0.25, 0.3) is 11.6 Å². The Morgan fingerprint density at radius 2 is 1.92 bits per heavy atom. The summed E-state index contributed by atoms with van der Waals surface area (Å²) >= 11 is 0. The fourth-order valence-corrected chi connectivity index (χ4v) is 2.82. The highest BCUT2D eigenvalue weighted by atomic mass is 19.4. The summed E-state index contributed by atoms with van der Waals surface area (Å²) in [7, 11) is 0. The molecule has 0 amide bonds. The summed E-state index contributed by atoms with van der Waals surface area (Å²) in [6.07, 6.45) is -3.67. The normalized spacial score (nSPS) is 20.3. The maximum Gasteiger partial charge on any atom is 0.453 e. The van der Waals surface area contributed by atoms with Crippen LogP contribution < -0.4 is 5.32 Å². The van der Waals surface area contributed by atoms with Crippen LogP contribution in [0.25, 0.3) is 5.78 Å². The summed E-state index contributed by atoms with van der Waals surface area (Å²) < 4.78 is 39.6. The number of hydrogen-bond donors (Lipinski definition) is 1. The van der Waals surface area contributed by atoms with E-state index in [1.54, 1.807) is 13.0 Å². The number of halogens is 3. The molecule has 0 radical (unpaired) electrons. The van der Waals surface area contributed by atoms with Crippen LogP contribution in [-0.2, 0) is 6.18 Å². The highest BCUT2D eigenvalue weighted by Crippen LogP contribution is 2.42. The molecule has 5 nitrogen and oxygen atoms in total. The molecule has 1 aromatic carbocycles. The van der Waals surface area contributed by atoms with Crippen molar-refractivity contribution < 1.29 is 13.2 Å². The number of fused-ring (bicyclic) bond motifs is 1. The van der Waals surface area contributed by atoms with Crippen molar-refractivity contribution in [3.63, 3.8) is 0 Å². The van der Waals surface area contributed by atoms with E-state index in [0.29, 0.717) is 17.4 Å². The van der Waals surface area contributed by atoms with Gasteiger partial charge < -0.3 is 5.32 Å². The van der Waals surface area contributed by atoms with Crippen LogP contribution in [0.3, 0.4) is 0 Å². The summed E-state index contributed by atoms with van der Waals surface area (Å²) in [6, 6.07) is 11.9. The number of rotatable bonds is 3. The minimum absolute atomic E-state index is 0.0539. The Hall–Kier alpha value is -2.64.